The second kappa shape index (κ2) is 14.5. The third-order valence-electron chi connectivity index (χ3n) is 13.4. The Balaban J connectivity index is 0.689. The first-order valence-electron chi connectivity index (χ1n) is 20.6. The fourth-order valence-corrected chi connectivity index (χ4v) is 11.7. The molecule has 0 bridgehead atoms. The quantitative estimate of drug-likeness (QED) is 0.152. The summed E-state index contributed by atoms with van der Waals surface area (Å²) in [7, 11) is 1.64. The normalized spacial score (nSPS) is 23.3. The van der Waals surface area contributed by atoms with Crippen LogP contribution in [0.1, 0.15) is 89.4 Å². The largest absolute Gasteiger partial charge is 0.494 e. The molecule has 2 aliphatic carbocycles. The number of hydrogen-bond donors (Lipinski definition) is 2. The highest BCUT2D eigenvalue weighted by atomic mass is 32.1. The van der Waals surface area contributed by atoms with Crippen molar-refractivity contribution in [3.05, 3.63) is 93.3 Å². The summed E-state index contributed by atoms with van der Waals surface area (Å²) in [6, 6.07) is 17.9. The molecule has 58 heavy (non-hydrogen) atoms. The number of nitrogens with zero attached hydrogens (tertiary/aromatic N) is 4. The molecular weight excluding hydrogens is 753 g/mol. The fraction of sp³-hybridized carbons (Fsp3) is 0.422. The molecule has 4 amide bonds. The summed E-state index contributed by atoms with van der Waals surface area (Å²) in [5.74, 6) is 0.496. The third-order valence-corrected chi connectivity index (χ3v) is 14.6. The van der Waals surface area contributed by atoms with Crippen molar-refractivity contribution in [1.82, 2.24) is 24.7 Å². The molecule has 12 nitrogen and oxygen atoms in total. The zero-order valence-corrected chi connectivity index (χ0v) is 33.3. The second-order valence-corrected chi connectivity index (χ2v) is 18.2. The van der Waals surface area contributed by atoms with E-state index >= 15 is 0 Å². The van der Waals surface area contributed by atoms with Crippen LogP contribution in [0.4, 0.5) is 5.69 Å². The van der Waals surface area contributed by atoms with E-state index in [0.29, 0.717) is 57.7 Å². The number of aromatic nitrogens is 2. The van der Waals surface area contributed by atoms with Crippen LogP contribution in [0.5, 0.6) is 5.75 Å². The number of carbonyl (C=O) groups excluding carboxylic acids is 4. The molecule has 1 atom stereocenters. The Hall–Kier alpha value is -5.40. The van der Waals surface area contributed by atoms with Crippen LogP contribution in [-0.4, -0.2) is 82.3 Å². The van der Waals surface area contributed by atoms with E-state index in [2.05, 4.69) is 21.6 Å². The number of pyridine rings is 1. The van der Waals surface area contributed by atoms with Crippen molar-refractivity contribution in [3.8, 4) is 11.4 Å². The molecular formula is C45H46N6O6S. The van der Waals surface area contributed by atoms with Crippen LogP contribution in [0.2, 0.25) is 0 Å². The predicted octanol–water partition coefficient (Wildman–Crippen LogP) is 6.50. The van der Waals surface area contributed by atoms with Gasteiger partial charge in [-0.25, -0.2) is 4.98 Å². The Morgan fingerprint density at radius 1 is 0.914 bits per heavy atom. The number of rotatable bonds is 10. The number of nitrogens with one attached hydrogen (secondary N) is 2. The molecule has 2 N–H and O–H groups in total. The smallest absolute Gasteiger partial charge is 0.264 e. The van der Waals surface area contributed by atoms with E-state index in [-0.39, 0.29) is 24.3 Å². The number of piperidine rings is 1. The van der Waals surface area contributed by atoms with Crippen molar-refractivity contribution in [2.45, 2.75) is 69.7 Å². The molecule has 4 fully saturated rings. The Labute approximate surface area is 339 Å². The number of ether oxygens (including phenoxy) is 1. The van der Waals surface area contributed by atoms with Crippen LogP contribution in [0.3, 0.4) is 0 Å². The topological polar surface area (TPSA) is 143 Å². The van der Waals surface area contributed by atoms with Gasteiger partial charge in [-0.1, -0.05) is 24.3 Å². The minimum absolute atomic E-state index is 0.0631. The van der Waals surface area contributed by atoms with Crippen molar-refractivity contribution in [2.75, 3.05) is 38.6 Å². The molecule has 5 heterocycles. The number of thiazole rings is 1. The molecule has 2 saturated heterocycles. The van der Waals surface area contributed by atoms with Crippen molar-refractivity contribution in [2.24, 2.45) is 17.3 Å². The maximum Gasteiger partial charge on any atom is 0.264 e. The molecule has 298 valence electrons. The van der Waals surface area contributed by atoms with Gasteiger partial charge >= 0.3 is 0 Å². The lowest BCUT2D eigenvalue weighted by atomic mass is 9.57. The zero-order chi connectivity index (χ0) is 39.7. The summed E-state index contributed by atoms with van der Waals surface area (Å²) < 4.78 is 8.52. The van der Waals surface area contributed by atoms with Crippen molar-refractivity contribution in [1.29, 1.82) is 0 Å². The van der Waals surface area contributed by atoms with Crippen LogP contribution < -0.4 is 20.9 Å². The highest BCUT2D eigenvalue weighted by molar-refractivity contribution is 7.18. The molecule has 2 saturated carbocycles. The first kappa shape index (κ1) is 36.9. The Bertz CT molecular complexity index is 2560. The van der Waals surface area contributed by atoms with Gasteiger partial charge in [0.25, 0.3) is 17.4 Å². The average Bonchev–Trinajstić information content (AvgIpc) is 3.73. The van der Waals surface area contributed by atoms with Crippen molar-refractivity contribution in [3.63, 3.8) is 0 Å². The van der Waals surface area contributed by atoms with E-state index in [4.69, 9.17) is 9.72 Å². The van der Waals surface area contributed by atoms with E-state index < -0.39 is 23.8 Å². The highest BCUT2D eigenvalue weighted by Gasteiger charge is 2.52. The van der Waals surface area contributed by atoms with Gasteiger partial charge in [-0.3, -0.25) is 38.8 Å². The Morgan fingerprint density at radius 3 is 2.52 bits per heavy atom. The summed E-state index contributed by atoms with van der Waals surface area (Å²) in [6.07, 6.45) is 10.2. The van der Waals surface area contributed by atoms with Gasteiger partial charge < -0.3 is 15.0 Å². The Morgan fingerprint density at radius 2 is 1.72 bits per heavy atom. The summed E-state index contributed by atoms with van der Waals surface area (Å²) >= 11 is 1.75. The number of methoxy groups -OCH3 is 1. The molecule has 2 aromatic heterocycles. The maximum atomic E-state index is 13.4. The number of fused-ring (bicyclic) bond motifs is 3. The summed E-state index contributed by atoms with van der Waals surface area (Å²) in [5.41, 5.74) is 3.28. The maximum absolute atomic E-state index is 13.4. The fourth-order valence-electron chi connectivity index (χ4n) is 10.6. The SMILES string of the molecule is COc1cc2nc([C@H]3CC[C@H](CN4CC5(CC(CCNc6cccc7c6C(=O)N(C6CCC(=O)NC6=O)C7=O)C5)C4)CC3)sc2cc1-n1ccc2ccccc2c1=O. The van der Waals surface area contributed by atoms with Gasteiger partial charge in [0.15, 0.2) is 0 Å². The predicted molar refractivity (Wildman–Crippen MR) is 222 cm³/mol. The van der Waals surface area contributed by atoms with Gasteiger partial charge in [0.1, 0.15) is 11.8 Å². The number of amides is 4. The lowest BCUT2D eigenvalue weighted by molar-refractivity contribution is -0.136. The van der Waals surface area contributed by atoms with Crippen LogP contribution >= 0.6 is 11.3 Å². The third kappa shape index (κ3) is 6.39. The minimum Gasteiger partial charge on any atom is -0.494 e. The van der Waals surface area contributed by atoms with Gasteiger partial charge in [-0.05, 0) is 104 Å². The molecule has 5 aromatic rings. The molecule has 3 aliphatic heterocycles. The van der Waals surface area contributed by atoms with Gasteiger partial charge in [-0.15, -0.1) is 11.3 Å². The lowest BCUT2D eigenvalue weighted by Gasteiger charge is -2.60. The molecule has 13 heteroatoms. The van der Waals surface area contributed by atoms with E-state index in [1.54, 1.807) is 35.1 Å². The van der Waals surface area contributed by atoms with Crippen molar-refractivity contribution < 1.29 is 23.9 Å². The van der Waals surface area contributed by atoms with E-state index in [1.807, 2.05) is 48.7 Å². The van der Waals surface area contributed by atoms with Crippen LogP contribution in [-0.2, 0) is 9.59 Å². The number of likely N-dealkylation sites (tertiary alicyclic amines) is 1. The molecule has 10 rings (SSSR count). The van der Waals surface area contributed by atoms with Crippen LogP contribution in [0, 0.1) is 17.3 Å². The average molecular weight is 799 g/mol. The van der Waals surface area contributed by atoms with Crippen LogP contribution in [0.15, 0.2) is 71.7 Å². The lowest BCUT2D eigenvalue weighted by Crippen LogP contribution is -2.63. The number of benzene rings is 3. The van der Waals surface area contributed by atoms with E-state index in [0.717, 1.165) is 45.5 Å². The van der Waals surface area contributed by atoms with E-state index in [1.165, 1.54) is 50.3 Å². The molecule has 3 aromatic carbocycles. The van der Waals surface area contributed by atoms with Gasteiger partial charge in [0.05, 0.1) is 39.1 Å². The molecule has 1 unspecified atom stereocenters. The summed E-state index contributed by atoms with van der Waals surface area (Å²) in [4.78, 5) is 72.9. The number of anilines is 1. The Kier molecular flexibility index (Phi) is 9.20. The van der Waals surface area contributed by atoms with Crippen LogP contribution in [0.25, 0.3) is 26.7 Å². The van der Waals surface area contributed by atoms with Crippen molar-refractivity contribution >= 4 is 61.6 Å². The summed E-state index contributed by atoms with van der Waals surface area (Å²) in [6.45, 7) is 4.23. The first-order chi connectivity index (χ1) is 28.2. The highest BCUT2D eigenvalue weighted by Crippen LogP contribution is 2.53. The molecule has 5 aliphatic rings. The van der Waals surface area contributed by atoms with Gasteiger partial charge in [0.2, 0.25) is 11.8 Å². The molecule has 1 spiro atoms. The monoisotopic (exact) mass is 798 g/mol. The van der Waals surface area contributed by atoms with Gasteiger partial charge in [0, 0.05) is 61.9 Å². The number of hydrogen-bond acceptors (Lipinski definition) is 10. The summed E-state index contributed by atoms with van der Waals surface area (Å²) in [5, 5.41) is 8.46. The second-order valence-electron chi connectivity index (χ2n) is 17.2. The van der Waals surface area contributed by atoms with E-state index in [9.17, 15) is 24.0 Å². The zero-order valence-electron chi connectivity index (χ0n) is 32.5. The minimum atomic E-state index is -0.969. The first-order valence-corrected chi connectivity index (χ1v) is 21.4. The van der Waals surface area contributed by atoms with Gasteiger partial charge in [-0.2, -0.15) is 0 Å². The molecule has 0 radical (unpaired) electrons. The standard InChI is InChI=1S/C45H46N6O6S/c1-57-36-19-33-37(20-35(36)50-18-16-28-5-2-3-6-30(28)42(50)54)58-41(47-33)29-11-9-26(10-12-29)23-49-24-45(25-49)21-27(22-45)15-17-46-32-8-4-7-31-39(32)44(56)51(43(31)55)34-13-14-38(52)48-40(34)53/h2-8,16,18-20,26-27,29,34,46H,9-15,17,21-25H2,1H3,(H,48,52,53)/t26-,29-,34?. The number of imide groups is 2. The number of carbonyl (C=O) groups is 4.